The molecule has 1 aromatic heterocycles. The van der Waals surface area contributed by atoms with Gasteiger partial charge in [-0.15, -0.1) is 0 Å². The lowest BCUT2D eigenvalue weighted by molar-refractivity contribution is -0.116. The third kappa shape index (κ3) is 4.37. The predicted octanol–water partition coefficient (Wildman–Crippen LogP) is 2.13. The van der Waals surface area contributed by atoms with E-state index in [1.807, 2.05) is 24.3 Å². The number of aliphatic hydroxyl groups is 1. The lowest BCUT2D eigenvalue weighted by Crippen LogP contribution is -2.29. The zero-order chi connectivity index (χ0) is 17.8. The van der Waals surface area contributed by atoms with Crippen molar-refractivity contribution in [1.29, 1.82) is 0 Å². The summed E-state index contributed by atoms with van der Waals surface area (Å²) in [6, 6.07) is 9.59. The van der Waals surface area contributed by atoms with Gasteiger partial charge in [0.25, 0.3) is 0 Å². The first-order chi connectivity index (χ1) is 12.0. The Hall–Kier alpha value is -2.38. The normalized spacial score (nSPS) is 20.6. The third-order valence-electron chi connectivity index (χ3n) is 4.38. The van der Waals surface area contributed by atoms with E-state index < -0.39 is 6.10 Å². The Balaban J connectivity index is 1.60. The smallest absolute Gasteiger partial charge is 0.226 e. The summed E-state index contributed by atoms with van der Waals surface area (Å²) in [6.45, 7) is 2.88. The monoisotopic (exact) mass is 345 g/mol. The highest BCUT2D eigenvalue weighted by Crippen LogP contribution is 2.33. The minimum Gasteiger partial charge on any atom is -0.497 e. The number of anilines is 1. The molecular formula is C18H23N3O4. The van der Waals surface area contributed by atoms with Gasteiger partial charge in [-0.1, -0.05) is 17.3 Å². The topological polar surface area (TPSA) is 87.8 Å². The quantitative estimate of drug-likeness (QED) is 0.834. The van der Waals surface area contributed by atoms with Crippen LogP contribution in [0, 0.1) is 6.92 Å². The first-order valence-electron chi connectivity index (χ1n) is 8.34. The van der Waals surface area contributed by atoms with E-state index in [-0.39, 0.29) is 11.9 Å². The molecule has 1 saturated heterocycles. The maximum Gasteiger partial charge on any atom is 0.226 e. The molecule has 0 radical (unpaired) electrons. The molecule has 2 atom stereocenters. The van der Waals surface area contributed by atoms with Crippen molar-refractivity contribution in [2.45, 2.75) is 31.9 Å². The van der Waals surface area contributed by atoms with E-state index in [9.17, 15) is 9.90 Å². The number of ether oxygens (including phenoxy) is 1. The fourth-order valence-corrected chi connectivity index (χ4v) is 3.20. The van der Waals surface area contributed by atoms with Gasteiger partial charge in [-0.3, -0.25) is 9.69 Å². The van der Waals surface area contributed by atoms with Crippen molar-refractivity contribution in [2.24, 2.45) is 0 Å². The van der Waals surface area contributed by atoms with Crippen LogP contribution in [-0.4, -0.2) is 47.4 Å². The molecule has 0 saturated carbocycles. The molecule has 25 heavy (non-hydrogen) atoms. The predicted molar refractivity (Wildman–Crippen MR) is 92.4 cm³/mol. The minimum atomic E-state index is -0.391. The Kier molecular flexibility index (Phi) is 5.35. The lowest BCUT2D eigenvalue weighted by Gasteiger charge is -2.24. The maximum atomic E-state index is 12.1. The average Bonchev–Trinajstić information content (AvgIpc) is 3.18. The highest BCUT2D eigenvalue weighted by Gasteiger charge is 2.32. The zero-order valence-corrected chi connectivity index (χ0v) is 14.4. The van der Waals surface area contributed by atoms with Gasteiger partial charge < -0.3 is 19.7 Å². The van der Waals surface area contributed by atoms with Crippen LogP contribution in [0.2, 0.25) is 0 Å². The summed E-state index contributed by atoms with van der Waals surface area (Å²) in [6.07, 6.45) is 0.577. The van der Waals surface area contributed by atoms with E-state index in [4.69, 9.17) is 9.26 Å². The van der Waals surface area contributed by atoms with Gasteiger partial charge in [0, 0.05) is 31.6 Å². The Morgan fingerprint density at radius 1 is 1.48 bits per heavy atom. The number of aliphatic hydroxyl groups excluding tert-OH is 1. The maximum absolute atomic E-state index is 12.1. The molecule has 0 unspecified atom stereocenters. The molecule has 3 rings (SSSR count). The second-order valence-corrected chi connectivity index (χ2v) is 6.30. The molecule has 134 valence electrons. The Bertz CT molecular complexity index is 731. The van der Waals surface area contributed by atoms with Gasteiger partial charge in [0.05, 0.1) is 13.2 Å². The SMILES string of the molecule is COc1cccc([C@@H]2C[C@H](O)CN2CCC(=O)Nc2cc(C)on2)c1. The van der Waals surface area contributed by atoms with Gasteiger partial charge in [-0.25, -0.2) is 0 Å². The van der Waals surface area contributed by atoms with Crippen LogP contribution < -0.4 is 10.1 Å². The molecule has 1 aromatic carbocycles. The Labute approximate surface area is 146 Å². The summed E-state index contributed by atoms with van der Waals surface area (Å²) < 4.78 is 10.2. The van der Waals surface area contributed by atoms with Gasteiger partial charge in [0.1, 0.15) is 11.5 Å². The number of aromatic nitrogens is 1. The zero-order valence-electron chi connectivity index (χ0n) is 14.4. The number of amides is 1. The number of nitrogens with zero attached hydrogens (tertiary/aromatic N) is 2. The van der Waals surface area contributed by atoms with Gasteiger partial charge >= 0.3 is 0 Å². The van der Waals surface area contributed by atoms with E-state index in [1.54, 1.807) is 20.1 Å². The van der Waals surface area contributed by atoms with Crippen LogP contribution in [0.5, 0.6) is 5.75 Å². The molecule has 2 heterocycles. The van der Waals surface area contributed by atoms with Crippen molar-refractivity contribution < 1.29 is 19.2 Å². The number of methoxy groups -OCH3 is 1. The highest BCUT2D eigenvalue weighted by molar-refractivity contribution is 5.89. The summed E-state index contributed by atoms with van der Waals surface area (Å²) in [4.78, 5) is 14.2. The van der Waals surface area contributed by atoms with E-state index >= 15 is 0 Å². The van der Waals surface area contributed by atoms with Gasteiger partial charge in [-0.2, -0.15) is 0 Å². The highest BCUT2D eigenvalue weighted by atomic mass is 16.5. The Morgan fingerprint density at radius 2 is 2.32 bits per heavy atom. The number of rotatable bonds is 6. The third-order valence-corrected chi connectivity index (χ3v) is 4.38. The van der Waals surface area contributed by atoms with Crippen molar-refractivity contribution in [3.05, 3.63) is 41.7 Å². The molecule has 0 bridgehead atoms. The van der Waals surface area contributed by atoms with E-state index in [0.717, 1.165) is 11.3 Å². The Morgan fingerprint density at radius 3 is 3.04 bits per heavy atom. The summed E-state index contributed by atoms with van der Waals surface area (Å²) in [5.74, 6) is 1.74. The molecule has 1 aliphatic rings. The molecule has 1 amide bonds. The largest absolute Gasteiger partial charge is 0.497 e. The van der Waals surface area contributed by atoms with Crippen LogP contribution >= 0.6 is 0 Å². The first kappa shape index (κ1) is 17.4. The molecule has 7 heteroatoms. The van der Waals surface area contributed by atoms with Crippen LogP contribution in [0.3, 0.4) is 0 Å². The number of likely N-dealkylation sites (tertiary alicyclic amines) is 1. The molecule has 1 aliphatic heterocycles. The number of β-amino-alcohol motifs (C(OH)–C–C–N with tert-alkyl or cyclic N) is 1. The molecule has 2 aromatic rings. The number of carbonyl (C=O) groups excluding carboxylic acids is 1. The molecule has 2 N–H and O–H groups in total. The molecule has 0 spiro atoms. The summed E-state index contributed by atoms with van der Waals surface area (Å²) in [5.41, 5.74) is 1.09. The van der Waals surface area contributed by atoms with Crippen molar-refractivity contribution in [3.63, 3.8) is 0 Å². The van der Waals surface area contributed by atoms with Gasteiger partial charge in [0.2, 0.25) is 5.91 Å². The van der Waals surface area contributed by atoms with Crippen LogP contribution in [-0.2, 0) is 4.79 Å². The standard InChI is InChI=1S/C18H23N3O4/c1-12-8-17(20-25-12)19-18(23)6-7-21-11-14(22)10-16(21)13-4-3-5-15(9-13)24-2/h3-5,8-9,14,16,22H,6-7,10-11H2,1-2H3,(H,19,20,23)/t14-,16-/m0/s1. The van der Waals surface area contributed by atoms with Crippen LogP contribution in [0.25, 0.3) is 0 Å². The number of hydrogen-bond acceptors (Lipinski definition) is 6. The molecule has 1 fully saturated rings. The van der Waals surface area contributed by atoms with Crippen LogP contribution in [0.1, 0.15) is 30.2 Å². The van der Waals surface area contributed by atoms with Crippen LogP contribution in [0.15, 0.2) is 34.9 Å². The van der Waals surface area contributed by atoms with E-state index in [2.05, 4.69) is 15.4 Å². The minimum absolute atomic E-state index is 0.0761. The van der Waals surface area contributed by atoms with E-state index in [1.165, 1.54) is 0 Å². The fourth-order valence-electron chi connectivity index (χ4n) is 3.20. The number of nitrogens with one attached hydrogen (secondary N) is 1. The van der Waals surface area contributed by atoms with Crippen molar-refractivity contribution in [3.8, 4) is 5.75 Å². The second-order valence-electron chi connectivity index (χ2n) is 6.30. The molecule has 0 aliphatic carbocycles. The van der Waals surface area contributed by atoms with E-state index in [0.29, 0.717) is 37.5 Å². The van der Waals surface area contributed by atoms with Gasteiger partial charge in [-0.05, 0) is 31.0 Å². The summed E-state index contributed by atoms with van der Waals surface area (Å²) >= 11 is 0. The van der Waals surface area contributed by atoms with Gasteiger partial charge in [0.15, 0.2) is 5.82 Å². The van der Waals surface area contributed by atoms with Crippen molar-refractivity contribution in [1.82, 2.24) is 10.1 Å². The summed E-state index contributed by atoms with van der Waals surface area (Å²) in [7, 11) is 1.64. The molecule has 7 nitrogen and oxygen atoms in total. The number of benzene rings is 1. The number of aryl methyl sites for hydroxylation is 1. The second kappa shape index (κ2) is 7.67. The van der Waals surface area contributed by atoms with Crippen molar-refractivity contribution in [2.75, 3.05) is 25.5 Å². The number of hydrogen-bond donors (Lipinski definition) is 2. The summed E-state index contributed by atoms with van der Waals surface area (Å²) in [5, 5.41) is 16.5. The fraction of sp³-hybridized carbons (Fsp3) is 0.444. The average molecular weight is 345 g/mol. The molecular weight excluding hydrogens is 322 g/mol. The van der Waals surface area contributed by atoms with Crippen LogP contribution in [0.4, 0.5) is 5.82 Å². The lowest BCUT2D eigenvalue weighted by atomic mass is 10.0. The first-order valence-corrected chi connectivity index (χ1v) is 8.34. The number of carbonyl (C=O) groups is 1. The van der Waals surface area contributed by atoms with Crippen molar-refractivity contribution >= 4 is 11.7 Å².